The van der Waals surface area contributed by atoms with Gasteiger partial charge in [0.15, 0.2) is 5.65 Å². The normalized spacial score (nSPS) is 18.1. The standard InChI is InChI=1S/C17H16FN3O/c18-13-7-5-12(6-8-13)11-15-20-14-3-1-9-19-17(14)21(15)16-4-2-10-22-16/h1,3,5-9,16H,2,4,10-11H2. The van der Waals surface area contributed by atoms with Crippen LogP contribution in [0.2, 0.25) is 0 Å². The number of hydrogen-bond donors (Lipinski definition) is 0. The van der Waals surface area contributed by atoms with Gasteiger partial charge < -0.3 is 4.74 Å². The Morgan fingerprint density at radius 3 is 2.86 bits per heavy atom. The second kappa shape index (κ2) is 5.50. The van der Waals surface area contributed by atoms with Gasteiger partial charge in [0.25, 0.3) is 0 Å². The summed E-state index contributed by atoms with van der Waals surface area (Å²) in [6.45, 7) is 0.771. The fraction of sp³-hybridized carbons (Fsp3) is 0.294. The first-order chi connectivity index (χ1) is 10.8. The Morgan fingerprint density at radius 2 is 2.09 bits per heavy atom. The Balaban J connectivity index is 1.78. The van der Waals surface area contributed by atoms with Crippen LogP contribution in [0.15, 0.2) is 42.6 Å². The lowest BCUT2D eigenvalue weighted by atomic mass is 10.1. The second-order valence-electron chi connectivity index (χ2n) is 5.52. The molecule has 1 aliphatic rings. The molecule has 1 unspecified atom stereocenters. The molecule has 0 spiro atoms. The van der Waals surface area contributed by atoms with Crippen LogP contribution in [0, 0.1) is 5.82 Å². The molecule has 1 aliphatic heterocycles. The van der Waals surface area contributed by atoms with Gasteiger partial charge in [-0.3, -0.25) is 4.57 Å². The molecule has 0 N–H and O–H groups in total. The second-order valence-corrected chi connectivity index (χ2v) is 5.52. The van der Waals surface area contributed by atoms with Crippen LogP contribution in [0.5, 0.6) is 0 Å². The van der Waals surface area contributed by atoms with E-state index in [4.69, 9.17) is 9.72 Å². The van der Waals surface area contributed by atoms with Crippen LogP contribution in [0.3, 0.4) is 0 Å². The number of rotatable bonds is 3. The number of pyridine rings is 1. The zero-order valence-corrected chi connectivity index (χ0v) is 12.1. The molecule has 112 valence electrons. The third-order valence-corrected chi connectivity index (χ3v) is 3.99. The number of benzene rings is 1. The van der Waals surface area contributed by atoms with Crippen molar-refractivity contribution >= 4 is 11.2 Å². The van der Waals surface area contributed by atoms with E-state index in [-0.39, 0.29) is 12.0 Å². The van der Waals surface area contributed by atoms with Gasteiger partial charge in [-0.2, -0.15) is 0 Å². The van der Waals surface area contributed by atoms with Gasteiger partial charge in [0, 0.05) is 19.2 Å². The predicted molar refractivity (Wildman–Crippen MR) is 81.0 cm³/mol. The van der Waals surface area contributed by atoms with Gasteiger partial charge in [-0.15, -0.1) is 0 Å². The maximum Gasteiger partial charge on any atom is 0.162 e. The average molecular weight is 297 g/mol. The van der Waals surface area contributed by atoms with Gasteiger partial charge >= 0.3 is 0 Å². The smallest absolute Gasteiger partial charge is 0.162 e. The van der Waals surface area contributed by atoms with Crippen molar-refractivity contribution < 1.29 is 9.13 Å². The van der Waals surface area contributed by atoms with Gasteiger partial charge in [0.2, 0.25) is 0 Å². The lowest BCUT2D eigenvalue weighted by Gasteiger charge is -2.15. The largest absolute Gasteiger partial charge is 0.358 e. The molecule has 2 aromatic heterocycles. The minimum Gasteiger partial charge on any atom is -0.358 e. The maximum absolute atomic E-state index is 13.1. The summed E-state index contributed by atoms with van der Waals surface area (Å²) in [5.74, 6) is 0.685. The Bertz CT molecular complexity index is 791. The summed E-state index contributed by atoms with van der Waals surface area (Å²) in [4.78, 5) is 9.16. The highest BCUT2D eigenvalue weighted by Gasteiger charge is 2.23. The van der Waals surface area contributed by atoms with Crippen LogP contribution in [-0.4, -0.2) is 21.1 Å². The van der Waals surface area contributed by atoms with Crippen molar-refractivity contribution in [3.63, 3.8) is 0 Å². The minimum atomic E-state index is -0.224. The van der Waals surface area contributed by atoms with E-state index in [1.807, 2.05) is 12.1 Å². The number of fused-ring (bicyclic) bond motifs is 1. The first-order valence-corrected chi connectivity index (χ1v) is 7.49. The lowest BCUT2D eigenvalue weighted by molar-refractivity contribution is 0.0573. The number of hydrogen-bond acceptors (Lipinski definition) is 3. The maximum atomic E-state index is 13.1. The van der Waals surface area contributed by atoms with Crippen LogP contribution in [0.25, 0.3) is 11.2 Å². The van der Waals surface area contributed by atoms with Crippen LogP contribution < -0.4 is 0 Å². The molecule has 4 nitrogen and oxygen atoms in total. The van der Waals surface area contributed by atoms with Crippen molar-refractivity contribution in [2.45, 2.75) is 25.5 Å². The number of aromatic nitrogens is 3. The molecule has 1 fully saturated rings. The number of halogens is 1. The first-order valence-electron chi connectivity index (χ1n) is 7.49. The first kappa shape index (κ1) is 13.4. The number of imidazole rings is 1. The monoisotopic (exact) mass is 297 g/mol. The van der Waals surface area contributed by atoms with Gasteiger partial charge in [-0.05, 0) is 42.7 Å². The molecule has 0 amide bonds. The summed E-state index contributed by atoms with van der Waals surface area (Å²) in [6.07, 6.45) is 4.43. The van der Waals surface area contributed by atoms with E-state index in [1.165, 1.54) is 12.1 Å². The van der Waals surface area contributed by atoms with Gasteiger partial charge in [-0.25, -0.2) is 14.4 Å². The van der Waals surface area contributed by atoms with Gasteiger partial charge in [0.1, 0.15) is 23.4 Å². The van der Waals surface area contributed by atoms with Crippen LogP contribution >= 0.6 is 0 Å². The summed E-state index contributed by atoms with van der Waals surface area (Å²) >= 11 is 0. The molecule has 0 radical (unpaired) electrons. The molecule has 1 saturated heterocycles. The van der Waals surface area contributed by atoms with Crippen molar-refractivity contribution in [2.75, 3.05) is 6.61 Å². The Hall–Kier alpha value is -2.27. The molecule has 3 aromatic rings. The van der Waals surface area contributed by atoms with Crippen LogP contribution in [0.4, 0.5) is 4.39 Å². The third kappa shape index (κ3) is 2.37. The molecular formula is C17H16FN3O. The van der Waals surface area contributed by atoms with E-state index < -0.39 is 0 Å². The topological polar surface area (TPSA) is 39.9 Å². The number of nitrogens with zero attached hydrogens (tertiary/aromatic N) is 3. The quantitative estimate of drug-likeness (QED) is 0.743. The molecule has 1 atom stereocenters. The molecule has 4 rings (SSSR count). The van der Waals surface area contributed by atoms with Gasteiger partial charge in [0.05, 0.1) is 0 Å². The fourth-order valence-corrected chi connectivity index (χ4v) is 2.95. The predicted octanol–water partition coefficient (Wildman–Crippen LogP) is 3.47. The summed E-state index contributed by atoms with van der Waals surface area (Å²) in [7, 11) is 0. The third-order valence-electron chi connectivity index (χ3n) is 3.99. The summed E-state index contributed by atoms with van der Waals surface area (Å²) in [5.41, 5.74) is 2.75. The molecule has 0 bridgehead atoms. The van der Waals surface area contributed by atoms with E-state index in [1.54, 1.807) is 18.3 Å². The van der Waals surface area contributed by atoms with Crippen molar-refractivity contribution in [1.29, 1.82) is 0 Å². The van der Waals surface area contributed by atoms with E-state index in [2.05, 4.69) is 9.55 Å². The molecule has 22 heavy (non-hydrogen) atoms. The average Bonchev–Trinajstić information content (AvgIpc) is 3.16. The van der Waals surface area contributed by atoms with Crippen molar-refractivity contribution in [3.05, 3.63) is 59.8 Å². The molecule has 1 aromatic carbocycles. The van der Waals surface area contributed by atoms with Crippen LogP contribution in [0.1, 0.15) is 30.5 Å². The molecule has 3 heterocycles. The lowest BCUT2D eigenvalue weighted by Crippen LogP contribution is -2.12. The molecule has 5 heteroatoms. The zero-order chi connectivity index (χ0) is 14.9. The van der Waals surface area contributed by atoms with Crippen molar-refractivity contribution in [2.24, 2.45) is 0 Å². The van der Waals surface area contributed by atoms with E-state index in [0.717, 1.165) is 42.0 Å². The van der Waals surface area contributed by atoms with Gasteiger partial charge in [-0.1, -0.05) is 12.1 Å². The zero-order valence-electron chi connectivity index (χ0n) is 12.1. The van der Waals surface area contributed by atoms with E-state index >= 15 is 0 Å². The minimum absolute atomic E-state index is 0.00431. The summed E-state index contributed by atoms with van der Waals surface area (Å²) in [6, 6.07) is 10.4. The summed E-state index contributed by atoms with van der Waals surface area (Å²) < 4.78 is 21.0. The Kier molecular flexibility index (Phi) is 3.35. The number of ether oxygens (including phenoxy) is 1. The van der Waals surface area contributed by atoms with Crippen molar-refractivity contribution in [1.82, 2.24) is 14.5 Å². The highest BCUT2D eigenvalue weighted by Crippen LogP contribution is 2.29. The fourth-order valence-electron chi connectivity index (χ4n) is 2.95. The van der Waals surface area contributed by atoms with Crippen LogP contribution in [-0.2, 0) is 11.2 Å². The van der Waals surface area contributed by atoms with E-state index in [9.17, 15) is 4.39 Å². The molecular weight excluding hydrogens is 281 g/mol. The molecule has 0 aliphatic carbocycles. The highest BCUT2D eigenvalue weighted by atomic mass is 19.1. The van der Waals surface area contributed by atoms with E-state index in [0.29, 0.717) is 6.42 Å². The molecule has 0 saturated carbocycles. The Labute approximate surface area is 127 Å². The van der Waals surface area contributed by atoms with Crippen molar-refractivity contribution in [3.8, 4) is 0 Å². The Morgan fingerprint density at radius 1 is 1.23 bits per heavy atom. The summed E-state index contributed by atoms with van der Waals surface area (Å²) in [5, 5.41) is 0. The highest BCUT2D eigenvalue weighted by molar-refractivity contribution is 5.71. The SMILES string of the molecule is Fc1ccc(Cc2nc3cccnc3n2C2CCCO2)cc1.